The summed E-state index contributed by atoms with van der Waals surface area (Å²) in [7, 11) is -1.89. The molecule has 3 heterocycles. The summed E-state index contributed by atoms with van der Waals surface area (Å²) in [6.07, 6.45) is 6.27. The van der Waals surface area contributed by atoms with Crippen LogP contribution in [0.3, 0.4) is 0 Å². The predicted octanol–water partition coefficient (Wildman–Crippen LogP) is 3.06. The monoisotopic (exact) mass is 470 g/mol. The highest BCUT2D eigenvalue weighted by Crippen LogP contribution is 2.33. The van der Waals surface area contributed by atoms with Crippen LogP contribution in [0.5, 0.6) is 5.88 Å². The van der Waals surface area contributed by atoms with E-state index < -0.39 is 21.7 Å². The summed E-state index contributed by atoms with van der Waals surface area (Å²) in [4.78, 5) is 13.3. The Hall–Kier alpha value is -2.75. The van der Waals surface area contributed by atoms with E-state index in [1.165, 1.54) is 6.33 Å². The molecule has 3 aromatic rings. The summed E-state index contributed by atoms with van der Waals surface area (Å²) in [5.41, 5.74) is 3.65. The number of aliphatic hydroxyl groups is 1. The van der Waals surface area contributed by atoms with E-state index in [2.05, 4.69) is 39.3 Å². The van der Waals surface area contributed by atoms with Crippen LogP contribution in [-0.4, -0.2) is 67.6 Å². The van der Waals surface area contributed by atoms with Gasteiger partial charge in [0.2, 0.25) is 5.88 Å². The van der Waals surface area contributed by atoms with Crippen molar-refractivity contribution in [2.24, 2.45) is 0 Å². The molecule has 1 fully saturated rings. The highest BCUT2D eigenvalue weighted by molar-refractivity contribution is 8.00. The van der Waals surface area contributed by atoms with E-state index in [4.69, 9.17) is 9.47 Å². The molecule has 0 bridgehead atoms. The molecule has 176 valence electrons. The van der Waals surface area contributed by atoms with E-state index in [-0.39, 0.29) is 12.5 Å². The van der Waals surface area contributed by atoms with Gasteiger partial charge in [-0.1, -0.05) is 13.0 Å². The van der Waals surface area contributed by atoms with Crippen LogP contribution >= 0.6 is 0 Å². The highest BCUT2D eigenvalue weighted by Gasteiger charge is 2.29. The number of aryl methyl sites for hydroxylation is 1. The molecule has 33 heavy (non-hydrogen) atoms. The summed E-state index contributed by atoms with van der Waals surface area (Å²) >= 11 is 0. The number of fused-ring (bicyclic) bond motifs is 1. The van der Waals surface area contributed by atoms with Crippen LogP contribution in [0.25, 0.3) is 10.9 Å². The van der Waals surface area contributed by atoms with Gasteiger partial charge >= 0.3 is 0 Å². The molecule has 1 aromatic carbocycles. The van der Waals surface area contributed by atoms with Gasteiger partial charge in [-0.15, -0.1) is 0 Å². The number of nitrogens with one attached hydrogen (secondary N) is 1. The second-order valence-corrected chi connectivity index (χ2v) is 11.8. The van der Waals surface area contributed by atoms with Crippen LogP contribution in [0.15, 0.2) is 36.8 Å². The van der Waals surface area contributed by atoms with Crippen molar-refractivity contribution >= 4 is 37.3 Å². The Morgan fingerprint density at radius 2 is 2.12 bits per heavy atom. The van der Waals surface area contributed by atoms with Crippen molar-refractivity contribution in [3.05, 3.63) is 47.9 Å². The summed E-state index contributed by atoms with van der Waals surface area (Å²) in [5.74, 6) is 1.24. The van der Waals surface area contributed by atoms with Gasteiger partial charge in [0.05, 0.1) is 18.7 Å². The fraction of sp³-hybridized carbons (Fsp3) is 0.417. The summed E-state index contributed by atoms with van der Waals surface area (Å²) in [6, 6.07) is 7.86. The Bertz CT molecular complexity index is 1260. The maximum absolute atomic E-state index is 12.1. The van der Waals surface area contributed by atoms with Gasteiger partial charge in [0.25, 0.3) is 0 Å². The molecule has 0 aliphatic carbocycles. The molecule has 1 aliphatic rings. The fourth-order valence-corrected chi connectivity index (χ4v) is 4.55. The molecule has 8 nitrogen and oxygen atoms in total. The molecule has 2 N–H and O–H groups in total. The quantitative estimate of drug-likeness (QED) is 0.508. The number of rotatable bonds is 7. The van der Waals surface area contributed by atoms with Crippen molar-refractivity contribution < 1.29 is 18.8 Å². The zero-order valence-corrected chi connectivity index (χ0v) is 20.1. The Balaban J connectivity index is 1.64. The summed E-state index contributed by atoms with van der Waals surface area (Å²) in [6.45, 7) is 4.73. The van der Waals surface area contributed by atoms with E-state index in [1.54, 1.807) is 18.7 Å². The lowest BCUT2D eigenvalue weighted by molar-refractivity contribution is 0.0709. The zero-order valence-electron chi connectivity index (χ0n) is 19.3. The van der Waals surface area contributed by atoms with Crippen molar-refractivity contribution in [1.82, 2.24) is 15.0 Å². The molecular formula is C24H30N4O4S. The number of ether oxygens (including phenoxy) is 2. The lowest BCUT2D eigenvalue weighted by Crippen LogP contribution is -2.30. The molecule has 9 heteroatoms. The summed E-state index contributed by atoms with van der Waals surface area (Å²) in [5, 5.41) is 16.2. The number of benzene rings is 1. The third-order valence-electron chi connectivity index (χ3n) is 5.66. The number of pyridine rings is 1. The molecule has 4 rings (SSSR count). The average molecular weight is 471 g/mol. The molecule has 0 amide bonds. The van der Waals surface area contributed by atoms with E-state index in [0.717, 1.165) is 28.5 Å². The van der Waals surface area contributed by atoms with E-state index in [0.29, 0.717) is 24.0 Å². The number of aromatic nitrogens is 3. The van der Waals surface area contributed by atoms with Gasteiger partial charge in [0.15, 0.2) is 6.10 Å². The molecule has 0 spiro atoms. The van der Waals surface area contributed by atoms with Crippen LogP contribution in [0.2, 0.25) is 0 Å². The maximum atomic E-state index is 12.1. The predicted molar refractivity (Wildman–Crippen MR) is 132 cm³/mol. The van der Waals surface area contributed by atoms with Crippen molar-refractivity contribution in [1.29, 1.82) is 0 Å². The first-order valence-corrected chi connectivity index (χ1v) is 13.3. The van der Waals surface area contributed by atoms with Crippen LogP contribution < -0.4 is 10.1 Å². The minimum absolute atomic E-state index is 0.221. The van der Waals surface area contributed by atoms with E-state index in [1.807, 2.05) is 24.4 Å². The van der Waals surface area contributed by atoms with Crippen LogP contribution in [0, 0.1) is 6.92 Å². The smallest absolute Gasteiger partial charge is 0.238 e. The van der Waals surface area contributed by atoms with Crippen molar-refractivity contribution in [2.45, 2.75) is 38.4 Å². The Kier molecular flexibility index (Phi) is 6.83. The first-order valence-electron chi connectivity index (χ1n) is 10.9. The van der Waals surface area contributed by atoms with E-state index >= 15 is 0 Å². The molecule has 1 aliphatic heterocycles. The number of nitrogens with zero attached hydrogens (tertiary/aromatic N) is 3. The van der Waals surface area contributed by atoms with Gasteiger partial charge in [0.1, 0.15) is 23.9 Å². The first kappa shape index (κ1) is 23.4. The van der Waals surface area contributed by atoms with Gasteiger partial charge in [-0.2, -0.15) is 0 Å². The first-order chi connectivity index (χ1) is 15.7. The molecule has 3 unspecified atom stereocenters. The number of anilines is 2. The molecule has 3 atom stereocenters. The minimum atomic E-state index is -1.89. The van der Waals surface area contributed by atoms with Crippen molar-refractivity contribution in [2.75, 3.05) is 31.0 Å². The molecule has 0 radical (unpaired) electrons. The van der Waals surface area contributed by atoms with Gasteiger partial charge in [-0.3, -0.25) is 4.21 Å². The topological polar surface area (TPSA) is 106 Å². The van der Waals surface area contributed by atoms with Gasteiger partial charge in [0, 0.05) is 24.1 Å². The standard InChI is InChI=1S/C24H30N4O4S/c1-15(7-9-33(3,4)30)17-10-16(2)22-19(11-17)26-14-27-23(22)28-18-6-5-8-25-24(18)32-21-13-31-12-20(21)29/h5-6,8-11,14-15,20-21,29H,7,12-13H2,1-4H3,(H,26,27,28). The lowest BCUT2D eigenvalue weighted by atomic mass is 9.95. The number of aliphatic hydroxyl groups excluding tert-OH is 1. The third-order valence-corrected chi connectivity index (χ3v) is 6.66. The zero-order chi connectivity index (χ0) is 23.6. The molecular weight excluding hydrogens is 440 g/mol. The minimum Gasteiger partial charge on any atom is -0.468 e. The lowest BCUT2D eigenvalue weighted by Gasteiger charge is -2.18. The second kappa shape index (κ2) is 9.62. The fourth-order valence-electron chi connectivity index (χ4n) is 3.80. The van der Waals surface area contributed by atoms with Gasteiger partial charge in [-0.25, -0.2) is 15.0 Å². The average Bonchev–Trinajstić information content (AvgIpc) is 3.17. The largest absolute Gasteiger partial charge is 0.468 e. The van der Waals surface area contributed by atoms with E-state index in [9.17, 15) is 9.32 Å². The van der Waals surface area contributed by atoms with Crippen LogP contribution in [0.4, 0.5) is 11.5 Å². The summed E-state index contributed by atoms with van der Waals surface area (Å²) < 4.78 is 23.3. The molecule has 0 saturated carbocycles. The molecule has 2 aromatic heterocycles. The number of hydrogen-bond donors (Lipinski definition) is 2. The normalized spacial score (nSPS) is 19.4. The Morgan fingerprint density at radius 1 is 1.30 bits per heavy atom. The number of hydrogen-bond acceptors (Lipinski definition) is 8. The Morgan fingerprint density at radius 3 is 2.85 bits per heavy atom. The van der Waals surface area contributed by atoms with Crippen molar-refractivity contribution in [3.63, 3.8) is 0 Å². The van der Waals surface area contributed by atoms with Crippen LogP contribution in [-0.2, 0) is 14.3 Å². The van der Waals surface area contributed by atoms with Crippen LogP contribution in [0.1, 0.15) is 30.4 Å². The highest BCUT2D eigenvalue weighted by atomic mass is 32.2. The van der Waals surface area contributed by atoms with Gasteiger partial charge < -0.3 is 19.9 Å². The van der Waals surface area contributed by atoms with Gasteiger partial charge in [-0.05, 0) is 63.5 Å². The third kappa shape index (κ3) is 5.61. The molecule has 1 saturated heterocycles. The SMILES string of the molecule is Cc1cc(C(C)CC=S(C)(C)=O)cc2ncnc(Nc3cccnc3OC3COCC3O)c12. The Labute approximate surface area is 194 Å². The van der Waals surface area contributed by atoms with Crippen molar-refractivity contribution in [3.8, 4) is 5.88 Å². The second-order valence-electron chi connectivity index (χ2n) is 8.81. The maximum Gasteiger partial charge on any atom is 0.238 e.